The lowest BCUT2D eigenvalue weighted by Gasteiger charge is -2.14. The van der Waals surface area contributed by atoms with E-state index < -0.39 is 0 Å². The number of rotatable bonds is 3. The van der Waals surface area contributed by atoms with Gasteiger partial charge in [-0.15, -0.1) is 0 Å². The summed E-state index contributed by atoms with van der Waals surface area (Å²) in [7, 11) is 1.58. The van der Waals surface area contributed by atoms with Gasteiger partial charge in [0.25, 0.3) is 11.1 Å². The molecule has 0 bridgehead atoms. The van der Waals surface area contributed by atoms with Crippen LogP contribution >= 0.6 is 11.8 Å². The predicted octanol–water partition coefficient (Wildman–Crippen LogP) is 4.24. The number of hydrogen-bond donors (Lipinski definition) is 0. The van der Waals surface area contributed by atoms with E-state index in [-0.39, 0.29) is 11.1 Å². The molecule has 3 rings (SSSR count). The first-order chi connectivity index (χ1) is 11.1. The molecule has 23 heavy (non-hydrogen) atoms. The summed E-state index contributed by atoms with van der Waals surface area (Å²) in [6.45, 7) is 1.88. The second-order valence-corrected chi connectivity index (χ2v) is 6.04. The first-order valence-corrected chi connectivity index (χ1v) is 7.90. The molecule has 4 nitrogen and oxygen atoms in total. The van der Waals surface area contributed by atoms with Gasteiger partial charge in [0.1, 0.15) is 5.75 Å². The van der Waals surface area contributed by atoms with Crippen molar-refractivity contribution in [2.45, 2.75) is 6.92 Å². The van der Waals surface area contributed by atoms with Crippen LogP contribution in [0.4, 0.5) is 10.5 Å². The second-order valence-electron chi connectivity index (χ2n) is 5.05. The monoisotopic (exact) mass is 325 g/mol. The van der Waals surface area contributed by atoms with Crippen LogP contribution in [0.5, 0.6) is 5.75 Å². The van der Waals surface area contributed by atoms with Crippen molar-refractivity contribution in [3.8, 4) is 5.75 Å². The molecule has 2 aromatic carbocycles. The topological polar surface area (TPSA) is 46.6 Å². The zero-order chi connectivity index (χ0) is 16.4. The standard InChI is InChI=1S/C18H15NO3S/c1-12-7-3-5-9-14(12)19-17(20)16(23-18(19)21)11-13-8-4-6-10-15(13)22-2/h3-11H,1-2H3/b16-11-. The maximum absolute atomic E-state index is 12.6. The Hall–Kier alpha value is -2.53. The third kappa shape index (κ3) is 2.87. The predicted molar refractivity (Wildman–Crippen MR) is 92.6 cm³/mol. The molecule has 0 saturated carbocycles. The summed E-state index contributed by atoms with van der Waals surface area (Å²) in [5, 5.41) is -0.287. The van der Waals surface area contributed by atoms with Gasteiger partial charge in [-0.2, -0.15) is 0 Å². The summed E-state index contributed by atoms with van der Waals surface area (Å²) in [6.07, 6.45) is 1.70. The zero-order valence-corrected chi connectivity index (χ0v) is 13.6. The molecule has 0 atom stereocenters. The molecule has 0 aromatic heterocycles. The van der Waals surface area contributed by atoms with Crippen LogP contribution in [0.25, 0.3) is 6.08 Å². The molecular formula is C18H15NO3S. The molecule has 0 radical (unpaired) electrons. The first kappa shape index (κ1) is 15.4. The number of methoxy groups -OCH3 is 1. The molecule has 0 N–H and O–H groups in total. The Morgan fingerprint density at radius 3 is 2.48 bits per heavy atom. The van der Waals surface area contributed by atoms with E-state index in [1.807, 2.05) is 49.4 Å². The molecule has 5 heteroatoms. The van der Waals surface area contributed by atoms with Crippen molar-refractivity contribution in [2.75, 3.05) is 12.0 Å². The average molecular weight is 325 g/mol. The molecule has 1 heterocycles. The normalized spacial score (nSPS) is 16.3. The third-order valence-corrected chi connectivity index (χ3v) is 4.45. The largest absolute Gasteiger partial charge is 0.496 e. The fourth-order valence-electron chi connectivity index (χ4n) is 2.42. The summed E-state index contributed by atoms with van der Waals surface area (Å²) < 4.78 is 5.28. The number of ether oxygens (including phenoxy) is 1. The lowest BCUT2D eigenvalue weighted by Crippen LogP contribution is -2.28. The van der Waals surface area contributed by atoms with Crippen molar-refractivity contribution < 1.29 is 14.3 Å². The van der Waals surface area contributed by atoms with E-state index in [1.54, 1.807) is 19.3 Å². The quantitative estimate of drug-likeness (QED) is 0.792. The molecule has 0 unspecified atom stereocenters. The highest BCUT2D eigenvalue weighted by Gasteiger charge is 2.36. The Kier molecular flexibility index (Phi) is 4.21. The van der Waals surface area contributed by atoms with Crippen LogP contribution in [-0.2, 0) is 4.79 Å². The number of carbonyl (C=O) groups excluding carboxylic acids is 2. The van der Waals surface area contributed by atoms with Gasteiger partial charge in [0.2, 0.25) is 0 Å². The van der Waals surface area contributed by atoms with Crippen LogP contribution < -0.4 is 9.64 Å². The summed E-state index contributed by atoms with van der Waals surface area (Å²) in [6, 6.07) is 14.7. The summed E-state index contributed by atoms with van der Waals surface area (Å²) in [5.74, 6) is 0.357. The molecule has 1 saturated heterocycles. The fraction of sp³-hybridized carbons (Fsp3) is 0.111. The smallest absolute Gasteiger partial charge is 0.298 e. The molecule has 0 aliphatic carbocycles. The number of nitrogens with zero attached hydrogens (tertiary/aromatic N) is 1. The van der Waals surface area contributed by atoms with Crippen LogP contribution in [0.3, 0.4) is 0 Å². The van der Waals surface area contributed by atoms with Crippen molar-refractivity contribution in [2.24, 2.45) is 0 Å². The van der Waals surface area contributed by atoms with Crippen LogP contribution in [0.2, 0.25) is 0 Å². The van der Waals surface area contributed by atoms with Gasteiger partial charge in [0.05, 0.1) is 17.7 Å². The number of aryl methyl sites for hydroxylation is 1. The van der Waals surface area contributed by atoms with Crippen LogP contribution in [0.15, 0.2) is 53.4 Å². The Balaban J connectivity index is 1.99. The summed E-state index contributed by atoms with van der Waals surface area (Å²) >= 11 is 0.942. The average Bonchev–Trinajstić information content (AvgIpc) is 2.83. The number of amides is 2. The van der Waals surface area contributed by atoms with Gasteiger partial charge < -0.3 is 4.74 Å². The zero-order valence-electron chi connectivity index (χ0n) is 12.8. The van der Waals surface area contributed by atoms with Crippen LogP contribution in [0, 0.1) is 6.92 Å². The fourth-order valence-corrected chi connectivity index (χ4v) is 3.24. The minimum absolute atomic E-state index is 0.287. The number of para-hydroxylation sites is 2. The highest BCUT2D eigenvalue weighted by atomic mass is 32.2. The molecule has 1 aliphatic rings. The SMILES string of the molecule is COc1ccccc1/C=C1\SC(=O)N(c2ccccc2C)C1=O. The molecule has 116 valence electrons. The van der Waals surface area contributed by atoms with Gasteiger partial charge in [-0.3, -0.25) is 9.59 Å². The van der Waals surface area contributed by atoms with E-state index in [4.69, 9.17) is 4.74 Å². The Morgan fingerprint density at radius 1 is 1.04 bits per heavy atom. The number of hydrogen-bond acceptors (Lipinski definition) is 4. The van der Waals surface area contributed by atoms with Gasteiger partial charge in [-0.1, -0.05) is 36.4 Å². The van der Waals surface area contributed by atoms with Gasteiger partial charge in [-0.05, 0) is 42.5 Å². The van der Waals surface area contributed by atoms with Crippen LogP contribution in [-0.4, -0.2) is 18.3 Å². The van der Waals surface area contributed by atoms with E-state index in [0.29, 0.717) is 16.3 Å². The summed E-state index contributed by atoms with van der Waals surface area (Å²) in [4.78, 5) is 26.6. The number of benzene rings is 2. The van der Waals surface area contributed by atoms with Crippen molar-refractivity contribution in [1.82, 2.24) is 0 Å². The highest BCUT2D eigenvalue weighted by Crippen LogP contribution is 2.37. The number of imide groups is 1. The maximum atomic E-state index is 12.6. The lowest BCUT2D eigenvalue weighted by molar-refractivity contribution is -0.113. The minimum atomic E-state index is -0.305. The van der Waals surface area contributed by atoms with E-state index >= 15 is 0 Å². The maximum Gasteiger partial charge on any atom is 0.298 e. The number of carbonyl (C=O) groups is 2. The van der Waals surface area contributed by atoms with Crippen LogP contribution in [0.1, 0.15) is 11.1 Å². The van der Waals surface area contributed by atoms with Gasteiger partial charge >= 0.3 is 0 Å². The van der Waals surface area contributed by atoms with Crippen molar-refractivity contribution in [3.05, 3.63) is 64.6 Å². The Morgan fingerprint density at radius 2 is 1.74 bits per heavy atom. The minimum Gasteiger partial charge on any atom is -0.496 e. The van der Waals surface area contributed by atoms with E-state index in [2.05, 4.69) is 0 Å². The van der Waals surface area contributed by atoms with Gasteiger partial charge in [-0.25, -0.2) is 4.90 Å². The number of thioether (sulfide) groups is 1. The molecule has 2 amide bonds. The second kappa shape index (κ2) is 6.30. The number of anilines is 1. The summed E-state index contributed by atoms with van der Waals surface area (Å²) in [5.41, 5.74) is 2.28. The molecule has 1 fully saturated rings. The third-order valence-electron chi connectivity index (χ3n) is 3.58. The van der Waals surface area contributed by atoms with Gasteiger partial charge in [0.15, 0.2) is 0 Å². The highest BCUT2D eigenvalue weighted by molar-refractivity contribution is 8.19. The molecule has 2 aromatic rings. The molecule has 1 aliphatic heterocycles. The van der Waals surface area contributed by atoms with Crippen molar-refractivity contribution >= 4 is 34.7 Å². The molecule has 0 spiro atoms. The lowest BCUT2D eigenvalue weighted by atomic mass is 10.1. The Bertz CT molecular complexity index is 813. The van der Waals surface area contributed by atoms with Gasteiger partial charge in [0, 0.05) is 5.56 Å². The van der Waals surface area contributed by atoms with Crippen molar-refractivity contribution in [1.29, 1.82) is 0 Å². The van der Waals surface area contributed by atoms with E-state index in [0.717, 1.165) is 22.9 Å². The van der Waals surface area contributed by atoms with E-state index in [1.165, 1.54) is 4.90 Å². The molecular weight excluding hydrogens is 310 g/mol. The van der Waals surface area contributed by atoms with Crippen molar-refractivity contribution in [3.63, 3.8) is 0 Å². The van der Waals surface area contributed by atoms with E-state index in [9.17, 15) is 9.59 Å². The Labute approximate surface area is 138 Å². The first-order valence-electron chi connectivity index (χ1n) is 7.08.